The molecule has 3 unspecified atom stereocenters. The Kier molecular flexibility index (Phi) is 4.25. The number of piperidine rings is 1. The Morgan fingerprint density at radius 3 is 2.53 bits per heavy atom. The van der Waals surface area contributed by atoms with Crippen molar-refractivity contribution in [2.75, 3.05) is 31.1 Å². The number of sulfonamides is 1. The van der Waals surface area contributed by atoms with Crippen molar-refractivity contribution >= 4 is 19.9 Å². The van der Waals surface area contributed by atoms with Gasteiger partial charge in [-0.1, -0.05) is 6.92 Å². The SMILES string of the molecule is CC1CCN(S(=O)(=O)C2CCS(=O)(=O)C2)CC1CN. The number of hydrogen-bond acceptors (Lipinski definition) is 5. The van der Waals surface area contributed by atoms with Crippen LogP contribution in [0.2, 0.25) is 0 Å². The molecule has 0 radical (unpaired) electrons. The van der Waals surface area contributed by atoms with Crippen LogP contribution in [0.3, 0.4) is 0 Å². The highest BCUT2D eigenvalue weighted by atomic mass is 32.2. The summed E-state index contributed by atoms with van der Waals surface area (Å²) in [6.45, 7) is 3.46. The van der Waals surface area contributed by atoms with E-state index in [0.717, 1.165) is 6.42 Å². The predicted octanol–water partition coefficient (Wildman–Crippen LogP) is -0.580. The first-order valence-electron chi connectivity index (χ1n) is 6.65. The molecule has 112 valence electrons. The first-order valence-corrected chi connectivity index (χ1v) is 9.98. The maximum absolute atomic E-state index is 12.5. The van der Waals surface area contributed by atoms with E-state index in [2.05, 4.69) is 6.92 Å². The molecule has 2 saturated heterocycles. The van der Waals surface area contributed by atoms with Gasteiger partial charge in [-0.2, -0.15) is 0 Å². The number of nitrogens with zero attached hydrogens (tertiary/aromatic N) is 1. The third-order valence-corrected chi connectivity index (χ3v) is 8.63. The molecule has 2 heterocycles. The highest BCUT2D eigenvalue weighted by Crippen LogP contribution is 2.28. The molecule has 2 rings (SSSR count). The van der Waals surface area contributed by atoms with E-state index >= 15 is 0 Å². The maximum atomic E-state index is 12.5. The lowest BCUT2D eigenvalue weighted by atomic mass is 9.88. The van der Waals surface area contributed by atoms with Crippen LogP contribution in [0.1, 0.15) is 19.8 Å². The molecule has 8 heteroatoms. The summed E-state index contributed by atoms with van der Waals surface area (Å²) in [6.07, 6.45) is 1.02. The Labute approximate surface area is 115 Å². The van der Waals surface area contributed by atoms with Gasteiger partial charge in [0, 0.05) is 13.1 Å². The van der Waals surface area contributed by atoms with Crippen LogP contribution in [0.5, 0.6) is 0 Å². The topological polar surface area (TPSA) is 97.5 Å². The molecule has 2 aliphatic rings. The number of nitrogens with two attached hydrogens (primary N) is 1. The summed E-state index contributed by atoms with van der Waals surface area (Å²) in [5, 5.41) is -0.760. The summed E-state index contributed by atoms with van der Waals surface area (Å²) >= 11 is 0. The quantitative estimate of drug-likeness (QED) is 0.752. The predicted molar refractivity (Wildman–Crippen MR) is 73.9 cm³/mol. The first kappa shape index (κ1) is 15.2. The van der Waals surface area contributed by atoms with Gasteiger partial charge in [-0.25, -0.2) is 21.1 Å². The molecule has 0 aromatic rings. The molecular formula is C11H22N2O4S2. The van der Waals surface area contributed by atoms with Crippen molar-refractivity contribution in [1.29, 1.82) is 0 Å². The molecule has 0 aliphatic carbocycles. The molecule has 0 bridgehead atoms. The maximum Gasteiger partial charge on any atom is 0.218 e. The molecule has 0 aromatic carbocycles. The first-order chi connectivity index (χ1) is 8.76. The molecular weight excluding hydrogens is 288 g/mol. The molecule has 19 heavy (non-hydrogen) atoms. The van der Waals surface area contributed by atoms with Gasteiger partial charge in [0.05, 0.1) is 16.8 Å². The minimum Gasteiger partial charge on any atom is -0.330 e. The molecule has 3 atom stereocenters. The van der Waals surface area contributed by atoms with Crippen molar-refractivity contribution < 1.29 is 16.8 Å². The number of rotatable bonds is 3. The average molecular weight is 310 g/mol. The van der Waals surface area contributed by atoms with Gasteiger partial charge in [0.2, 0.25) is 10.0 Å². The smallest absolute Gasteiger partial charge is 0.218 e. The number of hydrogen-bond donors (Lipinski definition) is 1. The largest absolute Gasteiger partial charge is 0.330 e. The van der Waals surface area contributed by atoms with E-state index in [1.54, 1.807) is 0 Å². The van der Waals surface area contributed by atoms with E-state index in [1.807, 2.05) is 0 Å². The Morgan fingerprint density at radius 1 is 1.32 bits per heavy atom. The minimum absolute atomic E-state index is 0.0124. The van der Waals surface area contributed by atoms with Crippen LogP contribution < -0.4 is 5.73 Å². The van der Waals surface area contributed by atoms with Crippen molar-refractivity contribution in [3.63, 3.8) is 0 Å². The zero-order chi connectivity index (χ0) is 14.3. The normalized spacial score (nSPS) is 36.4. The Hall–Kier alpha value is -0.180. The summed E-state index contributed by atoms with van der Waals surface area (Å²) in [4.78, 5) is 0. The summed E-state index contributed by atoms with van der Waals surface area (Å²) in [7, 11) is -6.68. The van der Waals surface area contributed by atoms with Gasteiger partial charge in [0.1, 0.15) is 0 Å². The second-order valence-corrected chi connectivity index (χ2v) is 10.1. The average Bonchev–Trinajstić information content (AvgIpc) is 2.70. The van der Waals surface area contributed by atoms with Crippen molar-refractivity contribution in [1.82, 2.24) is 4.31 Å². The Bertz CT molecular complexity index is 529. The second-order valence-electron chi connectivity index (χ2n) is 5.69. The van der Waals surface area contributed by atoms with Crippen LogP contribution in [-0.4, -0.2) is 57.5 Å². The van der Waals surface area contributed by atoms with Gasteiger partial charge >= 0.3 is 0 Å². The van der Waals surface area contributed by atoms with E-state index in [-0.39, 0.29) is 23.8 Å². The zero-order valence-electron chi connectivity index (χ0n) is 11.2. The van der Waals surface area contributed by atoms with Crippen LogP contribution in [0, 0.1) is 11.8 Å². The van der Waals surface area contributed by atoms with Crippen molar-refractivity contribution in [2.24, 2.45) is 17.6 Å². The van der Waals surface area contributed by atoms with Crippen molar-refractivity contribution in [2.45, 2.75) is 25.0 Å². The van der Waals surface area contributed by atoms with Crippen LogP contribution in [0.15, 0.2) is 0 Å². The van der Waals surface area contributed by atoms with Crippen molar-refractivity contribution in [3.8, 4) is 0 Å². The Morgan fingerprint density at radius 2 is 2.00 bits per heavy atom. The van der Waals surface area contributed by atoms with Gasteiger partial charge < -0.3 is 5.73 Å². The molecule has 0 aromatic heterocycles. The Balaban J connectivity index is 2.13. The molecule has 2 fully saturated rings. The molecule has 0 spiro atoms. The fourth-order valence-electron chi connectivity index (χ4n) is 2.86. The lowest BCUT2D eigenvalue weighted by molar-refractivity contribution is 0.202. The third-order valence-electron chi connectivity index (χ3n) is 4.35. The third kappa shape index (κ3) is 3.12. The monoisotopic (exact) mass is 310 g/mol. The fraction of sp³-hybridized carbons (Fsp3) is 1.00. The van der Waals surface area contributed by atoms with E-state index in [9.17, 15) is 16.8 Å². The zero-order valence-corrected chi connectivity index (χ0v) is 12.8. The summed E-state index contributed by atoms with van der Waals surface area (Å²) in [5.74, 6) is 0.348. The summed E-state index contributed by atoms with van der Waals surface area (Å²) in [5.41, 5.74) is 5.68. The molecule has 2 N–H and O–H groups in total. The highest BCUT2D eigenvalue weighted by molar-refractivity contribution is 7.95. The van der Waals surface area contributed by atoms with Gasteiger partial charge in [-0.3, -0.25) is 0 Å². The second kappa shape index (κ2) is 5.31. The van der Waals surface area contributed by atoms with E-state index in [4.69, 9.17) is 5.73 Å². The molecule has 0 amide bonds. The lowest BCUT2D eigenvalue weighted by Crippen LogP contribution is -2.48. The van der Waals surface area contributed by atoms with Crippen molar-refractivity contribution in [3.05, 3.63) is 0 Å². The van der Waals surface area contributed by atoms with Crippen LogP contribution in [0.25, 0.3) is 0 Å². The minimum atomic E-state index is -3.50. The fourth-order valence-corrected chi connectivity index (χ4v) is 7.46. The van der Waals surface area contributed by atoms with Gasteiger partial charge in [0.25, 0.3) is 0 Å². The molecule has 6 nitrogen and oxygen atoms in total. The van der Waals surface area contributed by atoms with E-state index in [0.29, 0.717) is 25.6 Å². The number of sulfone groups is 1. The summed E-state index contributed by atoms with van der Waals surface area (Å²) < 4.78 is 49.3. The van der Waals surface area contributed by atoms with Crippen LogP contribution >= 0.6 is 0 Å². The lowest BCUT2D eigenvalue weighted by Gasteiger charge is -2.36. The van der Waals surface area contributed by atoms with Gasteiger partial charge in [0.15, 0.2) is 9.84 Å². The van der Waals surface area contributed by atoms with Gasteiger partial charge in [-0.05, 0) is 31.2 Å². The van der Waals surface area contributed by atoms with Crippen LogP contribution in [0.4, 0.5) is 0 Å². The van der Waals surface area contributed by atoms with E-state index in [1.165, 1.54) is 4.31 Å². The molecule has 2 aliphatic heterocycles. The van der Waals surface area contributed by atoms with E-state index < -0.39 is 25.1 Å². The standard InChI is InChI=1S/C11H22N2O4S2/c1-9-2-4-13(7-10(9)6-12)19(16,17)11-3-5-18(14,15)8-11/h9-11H,2-8,12H2,1H3. The molecule has 0 saturated carbocycles. The van der Waals surface area contributed by atoms with Gasteiger partial charge in [-0.15, -0.1) is 0 Å². The summed E-state index contributed by atoms with van der Waals surface area (Å²) in [6, 6.07) is 0. The van der Waals surface area contributed by atoms with Crippen LogP contribution in [-0.2, 0) is 19.9 Å². The highest BCUT2D eigenvalue weighted by Gasteiger charge is 2.42.